The van der Waals surface area contributed by atoms with Gasteiger partial charge < -0.3 is 19.5 Å². The van der Waals surface area contributed by atoms with Crippen molar-refractivity contribution in [3.05, 3.63) is 48.2 Å². The number of halogens is 3. The van der Waals surface area contributed by atoms with E-state index in [0.29, 0.717) is 24.7 Å². The van der Waals surface area contributed by atoms with Gasteiger partial charge in [0.05, 0.1) is 24.5 Å². The molecule has 12 heteroatoms. The van der Waals surface area contributed by atoms with Crippen molar-refractivity contribution >= 4 is 11.9 Å². The van der Waals surface area contributed by atoms with Gasteiger partial charge in [-0.05, 0) is 25.8 Å². The Bertz CT molecular complexity index is 927. The maximum absolute atomic E-state index is 12.8. The lowest BCUT2D eigenvalue weighted by Gasteiger charge is -2.38. The summed E-state index contributed by atoms with van der Waals surface area (Å²) in [7, 11) is 0. The van der Waals surface area contributed by atoms with Crippen LogP contribution in [0.15, 0.2) is 36.8 Å². The Hall–Kier alpha value is -3.28. The average molecular weight is 454 g/mol. The van der Waals surface area contributed by atoms with Gasteiger partial charge >= 0.3 is 12.1 Å². The summed E-state index contributed by atoms with van der Waals surface area (Å²) in [6.45, 7) is 2.91. The lowest BCUT2D eigenvalue weighted by atomic mass is 10.1. The molecule has 1 aliphatic carbocycles. The molecule has 0 radical (unpaired) electrons. The fourth-order valence-corrected chi connectivity index (χ4v) is 3.52. The summed E-state index contributed by atoms with van der Waals surface area (Å²) in [6.07, 6.45) is 1.21. The van der Waals surface area contributed by atoms with Gasteiger partial charge in [-0.3, -0.25) is 9.78 Å². The number of aromatic nitrogens is 3. The number of rotatable bonds is 3. The molecule has 2 fully saturated rings. The number of amides is 1. The molecule has 2 aliphatic rings. The second-order valence-electron chi connectivity index (χ2n) is 7.15. The minimum absolute atomic E-state index is 0.00179. The molecule has 0 bridgehead atoms. The quantitative estimate of drug-likeness (QED) is 0.751. The summed E-state index contributed by atoms with van der Waals surface area (Å²) in [6, 6.07) is 5.58. The second-order valence-corrected chi connectivity index (χ2v) is 7.15. The maximum atomic E-state index is 12.8. The molecule has 1 amide bonds. The molecule has 4 rings (SSSR count). The lowest BCUT2D eigenvalue weighted by Crippen LogP contribution is -2.54. The van der Waals surface area contributed by atoms with E-state index in [9.17, 15) is 18.0 Å². The van der Waals surface area contributed by atoms with Crippen molar-refractivity contribution in [3.8, 4) is 5.88 Å². The zero-order chi connectivity index (χ0) is 23.3. The van der Waals surface area contributed by atoms with E-state index in [4.69, 9.17) is 19.4 Å². The predicted molar refractivity (Wildman–Crippen MR) is 103 cm³/mol. The fraction of sp³-hybridized carbons (Fsp3) is 0.450. The number of nitrogens with zero attached hydrogens (tertiary/aromatic N) is 4. The zero-order valence-electron chi connectivity index (χ0n) is 17.0. The largest absolute Gasteiger partial charge is 0.490 e. The first kappa shape index (κ1) is 23.4. The Balaban J connectivity index is 0.000000360. The number of hydrogen-bond donors (Lipinski definition) is 1. The second kappa shape index (κ2) is 9.90. The van der Waals surface area contributed by atoms with E-state index in [1.807, 2.05) is 30.0 Å². The first-order chi connectivity index (χ1) is 15.2. The van der Waals surface area contributed by atoms with Gasteiger partial charge in [0.25, 0.3) is 5.91 Å². The third-order valence-corrected chi connectivity index (χ3v) is 4.95. The van der Waals surface area contributed by atoms with Crippen molar-refractivity contribution < 1.29 is 37.3 Å². The third kappa shape index (κ3) is 5.69. The van der Waals surface area contributed by atoms with Gasteiger partial charge in [0.1, 0.15) is 17.9 Å². The van der Waals surface area contributed by atoms with Crippen LogP contribution >= 0.6 is 0 Å². The number of carbonyl (C=O) groups excluding carboxylic acids is 1. The van der Waals surface area contributed by atoms with E-state index in [0.717, 1.165) is 18.5 Å². The van der Waals surface area contributed by atoms with Crippen molar-refractivity contribution in [2.45, 2.75) is 44.2 Å². The van der Waals surface area contributed by atoms with E-state index in [1.165, 1.54) is 0 Å². The van der Waals surface area contributed by atoms with Crippen LogP contribution in [0.1, 0.15) is 29.0 Å². The van der Waals surface area contributed by atoms with Crippen LogP contribution in [0.5, 0.6) is 5.88 Å². The number of morpholine rings is 1. The highest BCUT2D eigenvalue weighted by Crippen LogP contribution is 2.33. The van der Waals surface area contributed by atoms with Gasteiger partial charge in [0, 0.05) is 25.0 Å². The number of fused-ring (bicyclic) bond motifs is 1. The molecule has 172 valence electrons. The van der Waals surface area contributed by atoms with Gasteiger partial charge in [-0.25, -0.2) is 14.8 Å². The van der Waals surface area contributed by atoms with Gasteiger partial charge in [0.15, 0.2) is 0 Å². The van der Waals surface area contributed by atoms with Gasteiger partial charge in [-0.1, -0.05) is 6.07 Å². The topological polar surface area (TPSA) is 115 Å². The molecule has 9 nitrogen and oxygen atoms in total. The molecule has 2 aromatic rings. The van der Waals surface area contributed by atoms with E-state index in [-0.39, 0.29) is 24.2 Å². The standard InChI is InChI=1S/C18H20N4O3.C2HF3O2/c1-12-10-21-13(11-20-12)18(23)22-8-9-24-17-14(22)5-6-15(17)25-16-4-2-3-7-19-16;3-2(4,5)1(6)7/h2-4,7,10-11,14-15,17H,5-6,8-9H2,1H3;(H,6,7)/t14-,15-,17+;/m0./s1. The molecule has 2 aromatic heterocycles. The predicted octanol–water partition coefficient (Wildman–Crippen LogP) is 2.26. The van der Waals surface area contributed by atoms with Crippen LogP contribution in [-0.2, 0) is 9.53 Å². The Morgan fingerprint density at radius 2 is 1.94 bits per heavy atom. The fourth-order valence-electron chi connectivity index (χ4n) is 3.52. The number of ether oxygens (including phenoxy) is 2. The number of pyridine rings is 1. The van der Waals surface area contributed by atoms with Gasteiger partial charge in [-0.15, -0.1) is 0 Å². The number of carboxylic acid groups (broad SMARTS) is 1. The molecular weight excluding hydrogens is 433 g/mol. The first-order valence-corrected chi connectivity index (χ1v) is 9.76. The molecule has 0 unspecified atom stereocenters. The van der Waals surface area contributed by atoms with E-state index in [1.54, 1.807) is 18.6 Å². The Morgan fingerprint density at radius 3 is 2.53 bits per heavy atom. The number of carboxylic acids is 1. The number of aryl methyl sites for hydroxylation is 1. The average Bonchev–Trinajstić information content (AvgIpc) is 3.17. The Labute approximate surface area is 181 Å². The monoisotopic (exact) mass is 454 g/mol. The number of hydrogen-bond acceptors (Lipinski definition) is 7. The van der Waals surface area contributed by atoms with Crippen molar-refractivity contribution in [1.29, 1.82) is 0 Å². The van der Waals surface area contributed by atoms with E-state index >= 15 is 0 Å². The normalized spacial score (nSPS) is 22.4. The zero-order valence-corrected chi connectivity index (χ0v) is 17.0. The van der Waals surface area contributed by atoms with E-state index < -0.39 is 12.1 Å². The van der Waals surface area contributed by atoms with Crippen molar-refractivity contribution in [2.24, 2.45) is 0 Å². The summed E-state index contributed by atoms with van der Waals surface area (Å²) in [5.74, 6) is -2.26. The highest BCUT2D eigenvalue weighted by Gasteiger charge is 2.46. The molecule has 3 atom stereocenters. The minimum atomic E-state index is -5.08. The summed E-state index contributed by atoms with van der Waals surface area (Å²) in [5.41, 5.74) is 1.17. The van der Waals surface area contributed by atoms with Gasteiger partial charge in [-0.2, -0.15) is 13.2 Å². The van der Waals surface area contributed by atoms with Crippen molar-refractivity contribution in [3.63, 3.8) is 0 Å². The van der Waals surface area contributed by atoms with Gasteiger partial charge in [0.2, 0.25) is 5.88 Å². The van der Waals surface area contributed by atoms with Crippen LogP contribution in [0.2, 0.25) is 0 Å². The van der Waals surface area contributed by atoms with Crippen LogP contribution in [0.3, 0.4) is 0 Å². The Kier molecular flexibility index (Phi) is 7.23. The molecule has 1 saturated carbocycles. The number of carbonyl (C=O) groups is 2. The summed E-state index contributed by atoms with van der Waals surface area (Å²) in [5, 5.41) is 7.12. The van der Waals surface area contributed by atoms with Crippen LogP contribution in [-0.4, -0.2) is 74.4 Å². The van der Waals surface area contributed by atoms with E-state index in [2.05, 4.69) is 15.0 Å². The molecular formula is C20H21F3N4O5. The molecule has 32 heavy (non-hydrogen) atoms. The molecule has 0 aromatic carbocycles. The van der Waals surface area contributed by atoms with Crippen LogP contribution < -0.4 is 4.74 Å². The number of alkyl halides is 3. The molecule has 1 aliphatic heterocycles. The SMILES string of the molecule is Cc1cnc(C(=O)N2CCO[C@H]3[C@@H](Oc4ccccn4)CC[C@@H]32)cn1.O=C(O)C(F)(F)F. The smallest absolute Gasteiger partial charge is 0.475 e. The summed E-state index contributed by atoms with van der Waals surface area (Å²) in [4.78, 5) is 36.2. The lowest BCUT2D eigenvalue weighted by molar-refractivity contribution is -0.192. The molecule has 1 saturated heterocycles. The van der Waals surface area contributed by atoms with Crippen molar-refractivity contribution in [1.82, 2.24) is 19.9 Å². The molecule has 1 N–H and O–H groups in total. The highest BCUT2D eigenvalue weighted by atomic mass is 19.4. The van der Waals surface area contributed by atoms with Crippen LogP contribution in [0.25, 0.3) is 0 Å². The van der Waals surface area contributed by atoms with Crippen LogP contribution in [0, 0.1) is 6.92 Å². The molecule has 3 heterocycles. The van der Waals surface area contributed by atoms with Crippen LogP contribution in [0.4, 0.5) is 13.2 Å². The van der Waals surface area contributed by atoms with Crippen molar-refractivity contribution in [2.75, 3.05) is 13.2 Å². The minimum Gasteiger partial charge on any atom is -0.475 e. The summed E-state index contributed by atoms with van der Waals surface area (Å²) < 4.78 is 43.7. The summed E-state index contributed by atoms with van der Waals surface area (Å²) >= 11 is 0. The first-order valence-electron chi connectivity index (χ1n) is 9.76. The maximum Gasteiger partial charge on any atom is 0.490 e. The highest BCUT2D eigenvalue weighted by molar-refractivity contribution is 5.92. The Morgan fingerprint density at radius 1 is 1.19 bits per heavy atom. The third-order valence-electron chi connectivity index (χ3n) is 4.95. The molecule has 0 spiro atoms. The number of aliphatic carboxylic acids is 1.